The van der Waals surface area contributed by atoms with E-state index in [-0.39, 0.29) is 6.09 Å². The van der Waals surface area contributed by atoms with Crippen LogP contribution in [0.1, 0.15) is 5.56 Å². The molecule has 0 aliphatic carbocycles. The average molecular weight is 382 g/mol. The Balaban J connectivity index is 1.68. The third-order valence-electron chi connectivity index (χ3n) is 4.50. The molecule has 0 N–H and O–H groups in total. The van der Waals surface area contributed by atoms with Crippen LogP contribution in [0, 0.1) is 0 Å². The molecular formula is C20H18N2O4S. The molecule has 0 atom stereocenters. The summed E-state index contributed by atoms with van der Waals surface area (Å²) in [5.74, 6) is 1.35. The Bertz CT molecular complexity index is 1010. The number of thiazole rings is 1. The summed E-state index contributed by atoms with van der Waals surface area (Å²) in [6.07, 6.45) is -0.344. The Labute approximate surface area is 160 Å². The van der Waals surface area contributed by atoms with E-state index in [1.54, 1.807) is 32.6 Å². The molecule has 1 aromatic heterocycles. The molecule has 2 heterocycles. The van der Waals surface area contributed by atoms with Crippen molar-refractivity contribution >= 4 is 23.1 Å². The quantitative estimate of drug-likeness (QED) is 0.661. The number of benzene rings is 2. The van der Waals surface area contributed by atoms with Gasteiger partial charge in [0, 0.05) is 29.1 Å². The molecule has 0 radical (unpaired) electrons. The number of carbonyl (C=O) groups excluding carboxylic acids is 1. The summed E-state index contributed by atoms with van der Waals surface area (Å²) in [6.45, 7) is 0.298. The number of fused-ring (bicyclic) bond motifs is 1. The smallest absolute Gasteiger partial charge is 0.414 e. The monoisotopic (exact) mass is 382 g/mol. The Kier molecular flexibility index (Phi) is 4.45. The van der Waals surface area contributed by atoms with Crippen molar-refractivity contribution < 1.29 is 19.0 Å². The number of carbonyl (C=O) groups is 1. The highest BCUT2D eigenvalue weighted by molar-refractivity contribution is 7.13. The summed E-state index contributed by atoms with van der Waals surface area (Å²) in [6, 6.07) is 11.7. The van der Waals surface area contributed by atoms with E-state index in [1.807, 2.05) is 41.8 Å². The lowest BCUT2D eigenvalue weighted by Gasteiger charge is -2.25. The van der Waals surface area contributed by atoms with E-state index in [9.17, 15) is 4.79 Å². The summed E-state index contributed by atoms with van der Waals surface area (Å²) >= 11 is 1.56. The minimum Gasteiger partial charge on any atom is -0.493 e. The molecule has 0 fully saturated rings. The van der Waals surface area contributed by atoms with Gasteiger partial charge in [-0.3, -0.25) is 4.90 Å². The van der Waals surface area contributed by atoms with E-state index in [2.05, 4.69) is 0 Å². The van der Waals surface area contributed by atoms with Crippen LogP contribution in [-0.4, -0.2) is 32.3 Å². The summed E-state index contributed by atoms with van der Waals surface area (Å²) < 4.78 is 15.8. The molecule has 1 amide bonds. The minimum atomic E-state index is -0.344. The number of aromatic nitrogens is 1. The van der Waals surface area contributed by atoms with E-state index in [1.165, 1.54) is 4.90 Å². The molecule has 0 spiro atoms. The van der Waals surface area contributed by atoms with Crippen LogP contribution in [0.3, 0.4) is 0 Å². The topological polar surface area (TPSA) is 60.9 Å². The molecule has 1 aliphatic heterocycles. The molecule has 0 bridgehead atoms. The number of amides is 1. The van der Waals surface area contributed by atoms with Gasteiger partial charge in [0.2, 0.25) is 0 Å². The van der Waals surface area contributed by atoms with E-state index >= 15 is 0 Å². The lowest BCUT2D eigenvalue weighted by molar-refractivity contribution is 0.143. The van der Waals surface area contributed by atoms with Crippen LogP contribution in [0.4, 0.5) is 10.5 Å². The van der Waals surface area contributed by atoms with Crippen molar-refractivity contribution in [2.24, 2.45) is 0 Å². The molecular weight excluding hydrogens is 364 g/mol. The highest BCUT2D eigenvalue weighted by Crippen LogP contribution is 2.36. The van der Waals surface area contributed by atoms with Crippen molar-refractivity contribution in [2.45, 2.75) is 6.61 Å². The summed E-state index contributed by atoms with van der Waals surface area (Å²) in [5.41, 5.74) is 4.61. The number of anilines is 1. The van der Waals surface area contributed by atoms with E-state index in [0.717, 1.165) is 33.1 Å². The molecule has 4 rings (SSSR count). The van der Waals surface area contributed by atoms with Crippen molar-refractivity contribution in [1.29, 1.82) is 0 Å². The number of hydrogen-bond acceptors (Lipinski definition) is 6. The lowest BCUT2D eigenvalue weighted by Crippen LogP contribution is -2.31. The van der Waals surface area contributed by atoms with Crippen molar-refractivity contribution in [3.05, 3.63) is 47.3 Å². The minimum absolute atomic E-state index is 0.298. The Hall–Kier alpha value is -3.06. The van der Waals surface area contributed by atoms with Gasteiger partial charge < -0.3 is 14.2 Å². The van der Waals surface area contributed by atoms with Gasteiger partial charge in [-0.1, -0.05) is 12.1 Å². The number of ether oxygens (including phenoxy) is 3. The Morgan fingerprint density at radius 2 is 1.85 bits per heavy atom. The molecule has 0 saturated carbocycles. The molecule has 0 saturated heterocycles. The normalized spacial score (nSPS) is 13.1. The van der Waals surface area contributed by atoms with Crippen LogP contribution in [-0.2, 0) is 11.3 Å². The standard InChI is InChI=1S/C20H18N2O4S/c1-22-16-8-12(4-5-14(16)10-26-20(22)23)15-11-27-19(21-15)13-6-7-17(24-2)18(9-13)25-3/h4-9,11H,10H2,1-3H3. The molecule has 138 valence electrons. The molecule has 2 aromatic carbocycles. The van der Waals surface area contributed by atoms with Gasteiger partial charge in [0.25, 0.3) is 0 Å². The first-order valence-electron chi connectivity index (χ1n) is 8.32. The second-order valence-electron chi connectivity index (χ2n) is 6.06. The fraction of sp³-hybridized carbons (Fsp3) is 0.200. The van der Waals surface area contributed by atoms with Gasteiger partial charge in [-0.05, 0) is 24.3 Å². The largest absolute Gasteiger partial charge is 0.493 e. The lowest BCUT2D eigenvalue weighted by atomic mass is 10.1. The third kappa shape index (κ3) is 3.10. The van der Waals surface area contributed by atoms with Crippen LogP contribution in [0.5, 0.6) is 11.5 Å². The summed E-state index contributed by atoms with van der Waals surface area (Å²) in [7, 11) is 4.94. The molecule has 1 aliphatic rings. The predicted molar refractivity (Wildman–Crippen MR) is 105 cm³/mol. The third-order valence-corrected chi connectivity index (χ3v) is 5.39. The van der Waals surface area contributed by atoms with Crippen molar-refractivity contribution in [3.8, 4) is 33.3 Å². The number of cyclic esters (lactones) is 1. The first-order valence-corrected chi connectivity index (χ1v) is 9.20. The maximum atomic E-state index is 11.8. The second kappa shape index (κ2) is 6.92. The van der Waals surface area contributed by atoms with Gasteiger partial charge in [0.05, 0.1) is 25.6 Å². The molecule has 3 aromatic rings. The van der Waals surface area contributed by atoms with E-state index in [4.69, 9.17) is 19.2 Å². The zero-order chi connectivity index (χ0) is 19.0. The molecule has 0 unspecified atom stereocenters. The number of rotatable bonds is 4. The molecule has 7 heteroatoms. The molecule has 27 heavy (non-hydrogen) atoms. The first kappa shape index (κ1) is 17.4. The fourth-order valence-corrected chi connectivity index (χ4v) is 3.83. The zero-order valence-electron chi connectivity index (χ0n) is 15.2. The van der Waals surface area contributed by atoms with E-state index in [0.29, 0.717) is 18.1 Å². The van der Waals surface area contributed by atoms with Gasteiger partial charge in [-0.25, -0.2) is 9.78 Å². The van der Waals surface area contributed by atoms with Crippen LogP contribution >= 0.6 is 11.3 Å². The summed E-state index contributed by atoms with van der Waals surface area (Å²) in [5, 5.41) is 2.89. The zero-order valence-corrected chi connectivity index (χ0v) is 16.0. The number of methoxy groups -OCH3 is 2. The SMILES string of the molecule is COc1ccc(-c2nc(-c3ccc4c(c3)N(C)C(=O)OC4)cs2)cc1OC. The first-order chi connectivity index (χ1) is 13.1. The highest BCUT2D eigenvalue weighted by atomic mass is 32.1. The van der Waals surface area contributed by atoms with Crippen molar-refractivity contribution in [2.75, 3.05) is 26.2 Å². The Morgan fingerprint density at radius 1 is 1.07 bits per heavy atom. The van der Waals surface area contributed by atoms with E-state index < -0.39 is 0 Å². The van der Waals surface area contributed by atoms with Gasteiger partial charge in [0.1, 0.15) is 11.6 Å². The van der Waals surface area contributed by atoms with Crippen molar-refractivity contribution in [3.63, 3.8) is 0 Å². The average Bonchev–Trinajstić information content (AvgIpc) is 3.20. The van der Waals surface area contributed by atoms with Crippen LogP contribution in [0.15, 0.2) is 41.8 Å². The van der Waals surface area contributed by atoms with Gasteiger partial charge in [-0.15, -0.1) is 11.3 Å². The van der Waals surface area contributed by atoms with Crippen LogP contribution in [0.25, 0.3) is 21.8 Å². The number of nitrogens with zero attached hydrogens (tertiary/aromatic N) is 2. The number of hydrogen-bond donors (Lipinski definition) is 0. The van der Waals surface area contributed by atoms with Crippen LogP contribution < -0.4 is 14.4 Å². The van der Waals surface area contributed by atoms with Gasteiger partial charge in [0.15, 0.2) is 11.5 Å². The predicted octanol–water partition coefficient (Wildman–Crippen LogP) is 4.58. The maximum absolute atomic E-state index is 11.8. The summed E-state index contributed by atoms with van der Waals surface area (Å²) in [4.78, 5) is 18.1. The van der Waals surface area contributed by atoms with Crippen molar-refractivity contribution in [1.82, 2.24) is 4.98 Å². The Morgan fingerprint density at radius 3 is 2.63 bits per heavy atom. The maximum Gasteiger partial charge on any atom is 0.414 e. The fourth-order valence-electron chi connectivity index (χ4n) is 3.00. The van der Waals surface area contributed by atoms with Gasteiger partial charge >= 0.3 is 6.09 Å². The highest BCUT2D eigenvalue weighted by Gasteiger charge is 2.23. The molecule has 6 nitrogen and oxygen atoms in total. The van der Waals surface area contributed by atoms with Crippen LogP contribution in [0.2, 0.25) is 0 Å². The second-order valence-corrected chi connectivity index (χ2v) is 6.92. The van der Waals surface area contributed by atoms with Gasteiger partial charge in [-0.2, -0.15) is 0 Å².